The zero-order valence-electron chi connectivity index (χ0n) is 25.3. The largest absolute Gasteiger partial charge is 0.507 e. The SMILES string of the molecule is COc1cccc2c1C(=O)c1c(O)c3c(c(O)c1C2=O)C[C@@](O)(C(=O)COC(=O)c1cccnc1)C[C@@H]3O[C@H]1C[C@H](N)[C@H](O)[C@H](C)O1. The maximum Gasteiger partial charge on any atom is 0.340 e. The lowest BCUT2D eigenvalue weighted by Gasteiger charge is -2.42. The van der Waals surface area contributed by atoms with Gasteiger partial charge in [0.2, 0.25) is 11.6 Å². The molecule has 1 fully saturated rings. The summed E-state index contributed by atoms with van der Waals surface area (Å²) >= 11 is 0. The number of rotatable bonds is 7. The van der Waals surface area contributed by atoms with E-state index in [1.807, 2.05) is 0 Å². The lowest BCUT2D eigenvalue weighted by atomic mass is 9.72. The molecule has 14 nitrogen and oxygen atoms in total. The summed E-state index contributed by atoms with van der Waals surface area (Å²) in [6.45, 7) is 0.697. The second-order valence-electron chi connectivity index (χ2n) is 11.8. The molecular weight excluding hydrogens is 616 g/mol. The number of benzene rings is 2. The topological polar surface area (TPSA) is 225 Å². The van der Waals surface area contributed by atoms with Crippen molar-refractivity contribution in [2.75, 3.05) is 13.7 Å². The van der Waals surface area contributed by atoms with Gasteiger partial charge in [0.1, 0.15) is 22.8 Å². The van der Waals surface area contributed by atoms with Gasteiger partial charge < -0.3 is 45.1 Å². The lowest BCUT2D eigenvalue weighted by molar-refractivity contribution is -0.247. The quantitative estimate of drug-likeness (QED) is 0.141. The number of aliphatic hydroxyl groups excluding tert-OH is 1. The number of aromatic nitrogens is 1. The van der Waals surface area contributed by atoms with Crippen LogP contribution in [0, 0.1) is 0 Å². The van der Waals surface area contributed by atoms with Gasteiger partial charge in [-0.1, -0.05) is 12.1 Å². The number of carbonyl (C=O) groups excluding carboxylic acids is 4. The van der Waals surface area contributed by atoms with Crippen LogP contribution in [0.5, 0.6) is 17.2 Å². The average molecular weight is 649 g/mol. The standard InChI is InChI=1S/C33H32N2O12/c1-14-27(37)18(34)9-22(46-14)47-20-11-33(43,21(36)13-45-32(42)15-5-4-8-35-12-15)10-17-24(20)31(41)26-25(29(17)39)28(38)16-6-3-7-19(44-2)23(16)30(26)40/h3-8,12,14,18,20,22,27,37,39,41,43H,9-11,13,34H2,1-2H3/t14-,18-,20-,22-,27+,33-/m0/s1. The molecular formula is C33H32N2O12. The maximum absolute atomic E-state index is 13.8. The summed E-state index contributed by atoms with van der Waals surface area (Å²) in [5, 5.41) is 45.3. The van der Waals surface area contributed by atoms with Crippen molar-refractivity contribution in [3.63, 3.8) is 0 Å². The molecule has 14 heteroatoms. The van der Waals surface area contributed by atoms with Crippen LogP contribution in [-0.4, -0.2) is 92.6 Å². The number of fused-ring (bicyclic) bond motifs is 3. The first-order valence-electron chi connectivity index (χ1n) is 14.8. The number of phenols is 2. The maximum atomic E-state index is 13.8. The summed E-state index contributed by atoms with van der Waals surface area (Å²) in [4.78, 5) is 57.4. The Labute approximate surface area is 267 Å². The molecule has 2 aromatic carbocycles. The van der Waals surface area contributed by atoms with E-state index in [9.17, 15) is 39.6 Å². The van der Waals surface area contributed by atoms with Gasteiger partial charge >= 0.3 is 5.97 Å². The Balaban J connectivity index is 1.42. The number of Topliss-reactive ketones (excluding diaryl/α,β-unsaturated/α-hetero) is 1. The number of carbonyl (C=O) groups is 4. The summed E-state index contributed by atoms with van der Waals surface area (Å²) in [6.07, 6.45) is -2.82. The minimum absolute atomic E-state index is 0.0217. The monoisotopic (exact) mass is 648 g/mol. The molecule has 3 aromatic rings. The molecule has 47 heavy (non-hydrogen) atoms. The Hall–Kier alpha value is -4.73. The van der Waals surface area contributed by atoms with E-state index in [2.05, 4.69) is 4.98 Å². The highest BCUT2D eigenvalue weighted by Gasteiger charge is 2.50. The number of phenolic OH excluding ortho intramolecular Hbond substituents is 2. The van der Waals surface area contributed by atoms with Crippen LogP contribution in [0.4, 0.5) is 0 Å². The highest BCUT2D eigenvalue weighted by Crippen LogP contribution is 2.52. The number of ether oxygens (including phenoxy) is 4. The van der Waals surface area contributed by atoms with E-state index in [4.69, 9.17) is 24.7 Å². The second kappa shape index (κ2) is 12.1. The molecule has 0 saturated carbocycles. The van der Waals surface area contributed by atoms with Crippen molar-refractivity contribution in [3.05, 3.63) is 81.7 Å². The number of aliphatic hydroxyl groups is 2. The number of aromatic hydroxyl groups is 2. The van der Waals surface area contributed by atoms with E-state index in [-0.39, 0.29) is 40.0 Å². The first kappa shape index (κ1) is 32.2. The second-order valence-corrected chi connectivity index (χ2v) is 11.8. The number of nitrogens with two attached hydrogens (primary N) is 1. The van der Waals surface area contributed by atoms with Crippen molar-refractivity contribution >= 4 is 23.3 Å². The molecule has 1 aromatic heterocycles. The van der Waals surface area contributed by atoms with Crippen molar-refractivity contribution in [1.82, 2.24) is 4.98 Å². The smallest absolute Gasteiger partial charge is 0.340 e. The van der Waals surface area contributed by atoms with Crippen molar-refractivity contribution in [2.45, 2.75) is 62.4 Å². The van der Waals surface area contributed by atoms with Gasteiger partial charge in [-0.3, -0.25) is 19.4 Å². The molecule has 6 N–H and O–H groups in total. The Kier molecular flexibility index (Phi) is 8.32. The van der Waals surface area contributed by atoms with Gasteiger partial charge in [0.05, 0.1) is 47.7 Å². The molecule has 2 aliphatic carbocycles. The molecule has 0 bridgehead atoms. The van der Waals surface area contributed by atoms with Crippen LogP contribution in [0.3, 0.4) is 0 Å². The van der Waals surface area contributed by atoms with E-state index in [0.29, 0.717) is 0 Å². The first-order chi connectivity index (χ1) is 22.4. The van der Waals surface area contributed by atoms with Crippen LogP contribution in [0.2, 0.25) is 0 Å². The molecule has 1 aliphatic heterocycles. The van der Waals surface area contributed by atoms with Crippen LogP contribution < -0.4 is 10.5 Å². The number of esters is 1. The van der Waals surface area contributed by atoms with Gasteiger partial charge in [-0.15, -0.1) is 0 Å². The fourth-order valence-electron chi connectivity index (χ4n) is 6.44. The van der Waals surface area contributed by atoms with Crippen molar-refractivity contribution in [3.8, 4) is 17.2 Å². The van der Waals surface area contributed by atoms with Crippen LogP contribution in [0.1, 0.15) is 79.2 Å². The number of hydrogen-bond acceptors (Lipinski definition) is 14. The highest BCUT2D eigenvalue weighted by atomic mass is 16.7. The van der Waals surface area contributed by atoms with E-state index in [1.165, 1.54) is 49.8 Å². The summed E-state index contributed by atoms with van der Waals surface area (Å²) in [5.41, 5.74) is 2.22. The molecule has 246 valence electrons. The van der Waals surface area contributed by atoms with Crippen molar-refractivity contribution in [2.24, 2.45) is 5.73 Å². The number of hydrogen-bond donors (Lipinski definition) is 5. The minimum Gasteiger partial charge on any atom is -0.507 e. The summed E-state index contributed by atoms with van der Waals surface area (Å²) in [6, 6.07) is 6.50. The number of pyridine rings is 1. The average Bonchev–Trinajstić information content (AvgIpc) is 3.06. The summed E-state index contributed by atoms with van der Waals surface area (Å²) in [7, 11) is 1.32. The minimum atomic E-state index is -2.35. The number of methoxy groups -OCH3 is 1. The van der Waals surface area contributed by atoms with Gasteiger partial charge in [0.15, 0.2) is 18.7 Å². The number of ketones is 3. The van der Waals surface area contributed by atoms with E-state index in [0.717, 1.165) is 0 Å². The molecule has 0 radical (unpaired) electrons. The molecule has 0 amide bonds. The van der Waals surface area contributed by atoms with E-state index >= 15 is 0 Å². The van der Waals surface area contributed by atoms with Gasteiger partial charge in [0, 0.05) is 54.4 Å². The predicted octanol–water partition coefficient (Wildman–Crippen LogP) is 1.26. The normalized spacial score (nSPS) is 26.5. The Morgan fingerprint density at radius 1 is 1.09 bits per heavy atom. The third-order valence-corrected chi connectivity index (χ3v) is 8.89. The number of nitrogens with zero attached hydrogens (tertiary/aromatic N) is 1. The fraction of sp³-hybridized carbons (Fsp3) is 0.364. The molecule has 2 heterocycles. The molecule has 1 saturated heterocycles. The van der Waals surface area contributed by atoms with Gasteiger partial charge in [0.25, 0.3) is 0 Å². The molecule has 0 unspecified atom stereocenters. The Bertz CT molecular complexity index is 1780. The van der Waals surface area contributed by atoms with Crippen LogP contribution in [-0.2, 0) is 25.4 Å². The van der Waals surface area contributed by atoms with Crippen LogP contribution in [0.15, 0.2) is 42.7 Å². The Morgan fingerprint density at radius 2 is 1.83 bits per heavy atom. The zero-order chi connectivity index (χ0) is 33.8. The van der Waals surface area contributed by atoms with Crippen molar-refractivity contribution in [1.29, 1.82) is 0 Å². The van der Waals surface area contributed by atoms with Gasteiger partial charge in [-0.05, 0) is 25.1 Å². The van der Waals surface area contributed by atoms with Gasteiger partial charge in [-0.2, -0.15) is 0 Å². The van der Waals surface area contributed by atoms with Gasteiger partial charge in [-0.25, -0.2) is 4.79 Å². The third kappa shape index (κ3) is 5.43. The first-order valence-corrected chi connectivity index (χ1v) is 14.8. The van der Waals surface area contributed by atoms with E-state index in [1.54, 1.807) is 6.92 Å². The molecule has 0 spiro atoms. The fourth-order valence-corrected chi connectivity index (χ4v) is 6.44. The highest BCUT2D eigenvalue weighted by molar-refractivity contribution is 6.31. The van der Waals surface area contributed by atoms with Crippen LogP contribution >= 0.6 is 0 Å². The van der Waals surface area contributed by atoms with E-state index < -0.39 is 102 Å². The molecule has 6 rings (SSSR count). The molecule has 3 aliphatic rings. The molecule has 6 atom stereocenters. The third-order valence-electron chi connectivity index (χ3n) is 8.89. The summed E-state index contributed by atoms with van der Waals surface area (Å²) in [5.74, 6) is -4.79. The predicted molar refractivity (Wildman–Crippen MR) is 159 cm³/mol. The Morgan fingerprint density at radius 3 is 2.51 bits per heavy atom. The summed E-state index contributed by atoms with van der Waals surface area (Å²) < 4.78 is 22.4. The zero-order valence-corrected chi connectivity index (χ0v) is 25.3. The van der Waals surface area contributed by atoms with Crippen molar-refractivity contribution < 1.29 is 58.6 Å². The lowest BCUT2D eigenvalue weighted by Crippen LogP contribution is -2.53. The van der Waals surface area contributed by atoms with Crippen LogP contribution in [0.25, 0.3) is 0 Å².